The second-order valence-corrected chi connectivity index (χ2v) is 6.80. The fourth-order valence-electron chi connectivity index (χ4n) is 2.78. The van der Waals surface area contributed by atoms with Crippen molar-refractivity contribution in [3.8, 4) is 0 Å². The Hall–Kier alpha value is -2.62. The number of nitrogens with two attached hydrogens (primary N) is 1. The Morgan fingerprint density at radius 1 is 1.07 bits per heavy atom. The number of rotatable bonds is 8. The van der Waals surface area contributed by atoms with Crippen LogP contribution in [0.4, 0.5) is 0 Å². The second kappa shape index (κ2) is 12.8. The van der Waals surface area contributed by atoms with Crippen LogP contribution in [0.25, 0.3) is 0 Å². The number of nitrogens with one attached hydrogen (secondary N) is 2. The van der Waals surface area contributed by atoms with Gasteiger partial charge in [0, 0.05) is 25.7 Å². The maximum absolute atomic E-state index is 11.9. The third-order valence-electron chi connectivity index (χ3n) is 4.42. The Balaban J connectivity index is 0.00000450. The summed E-state index contributed by atoms with van der Waals surface area (Å²) >= 11 is 0. The number of aliphatic imine (C=N–C) groups is 1. The van der Waals surface area contributed by atoms with Crippen LogP contribution in [0.5, 0.6) is 0 Å². The highest BCUT2D eigenvalue weighted by molar-refractivity contribution is 14.0. The number of hydrogen-bond acceptors (Lipinski definition) is 3. The van der Waals surface area contributed by atoms with Crippen molar-refractivity contribution in [3.05, 3.63) is 70.8 Å². The van der Waals surface area contributed by atoms with Crippen LogP contribution in [0.1, 0.15) is 34.0 Å². The van der Waals surface area contributed by atoms with Crippen molar-refractivity contribution in [3.63, 3.8) is 0 Å². The molecule has 0 atom stereocenters. The number of aryl methyl sites for hydroxylation is 1. The zero-order valence-corrected chi connectivity index (χ0v) is 20.0. The number of carbonyl (C=O) groups excluding carboxylic acids is 2. The maximum atomic E-state index is 11.9. The molecule has 0 bridgehead atoms. The first-order chi connectivity index (χ1) is 13.9. The topological polar surface area (TPSA) is 99.8 Å². The number of carbonyl (C=O) groups is 2. The molecule has 2 amide bonds. The van der Waals surface area contributed by atoms with Crippen molar-refractivity contribution >= 4 is 41.8 Å². The largest absolute Gasteiger partial charge is 0.368 e. The Morgan fingerprint density at radius 2 is 1.73 bits per heavy atom. The van der Waals surface area contributed by atoms with E-state index >= 15 is 0 Å². The molecule has 2 aromatic carbocycles. The van der Waals surface area contributed by atoms with Crippen molar-refractivity contribution in [2.24, 2.45) is 10.7 Å². The van der Waals surface area contributed by atoms with Gasteiger partial charge in [0.25, 0.3) is 5.91 Å². The first kappa shape index (κ1) is 25.4. The molecule has 8 heteroatoms. The summed E-state index contributed by atoms with van der Waals surface area (Å²) in [7, 11) is 2.01. The molecule has 7 nitrogen and oxygen atoms in total. The molecular weight excluding hydrogens is 493 g/mol. The van der Waals surface area contributed by atoms with Crippen molar-refractivity contribution in [2.45, 2.75) is 26.9 Å². The van der Waals surface area contributed by atoms with Crippen molar-refractivity contribution < 1.29 is 9.59 Å². The van der Waals surface area contributed by atoms with E-state index < -0.39 is 5.91 Å². The minimum atomic E-state index is -0.574. The fraction of sp³-hybridized carbons (Fsp3) is 0.318. The molecule has 0 spiro atoms. The Kier molecular flexibility index (Phi) is 10.9. The van der Waals surface area contributed by atoms with Crippen LogP contribution < -0.4 is 16.4 Å². The molecule has 2 aromatic rings. The van der Waals surface area contributed by atoms with Gasteiger partial charge >= 0.3 is 0 Å². The summed E-state index contributed by atoms with van der Waals surface area (Å²) in [5, 5.41) is 5.79. The molecule has 0 radical (unpaired) electrons. The van der Waals surface area contributed by atoms with Gasteiger partial charge in [-0.25, -0.2) is 4.99 Å². The summed E-state index contributed by atoms with van der Waals surface area (Å²) in [5.74, 6) is -0.0840. The molecular formula is C22H30IN5O2. The molecule has 0 fully saturated rings. The molecule has 162 valence electrons. The number of amides is 2. The predicted molar refractivity (Wildman–Crippen MR) is 131 cm³/mol. The first-order valence-electron chi connectivity index (χ1n) is 9.60. The summed E-state index contributed by atoms with van der Waals surface area (Å²) in [6.07, 6.45) is 0. The van der Waals surface area contributed by atoms with Crippen molar-refractivity contribution in [1.29, 1.82) is 0 Å². The molecule has 0 aliphatic heterocycles. The van der Waals surface area contributed by atoms with E-state index in [-0.39, 0.29) is 36.4 Å². The van der Waals surface area contributed by atoms with Crippen LogP contribution in [0.2, 0.25) is 0 Å². The Morgan fingerprint density at radius 3 is 2.33 bits per heavy atom. The number of halogens is 1. The lowest BCUT2D eigenvalue weighted by molar-refractivity contribution is -0.117. The number of benzene rings is 2. The molecule has 0 saturated carbocycles. The van der Waals surface area contributed by atoms with E-state index in [1.54, 1.807) is 12.1 Å². The van der Waals surface area contributed by atoms with Crippen LogP contribution in [0.3, 0.4) is 0 Å². The second-order valence-electron chi connectivity index (χ2n) is 6.80. The number of hydrogen-bond donors (Lipinski definition) is 3. The molecule has 0 unspecified atom stereocenters. The van der Waals surface area contributed by atoms with E-state index in [1.165, 1.54) is 11.1 Å². The Labute approximate surface area is 195 Å². The lowest BCUT2D eigenvalue weighted by atomic mass is 10.1. The highest BCUT2D eigenvalue weighted by atomic mass is 127. The van der Waals surface area contributed by atoms with Gasteiger partial charge in [-0.2, -0.15) is 0 Å². The smallest absolute Gasteiger partial charge is 0.251 e. The van der Waals surface area contributed by atoms with Crippen LogP contribution in [0, 0.1) is 6.92 Å². The third-order valence-corrected chi connectivity index (χ3v) is 4.42. The predicted octanol–water partition coefficient (Wildman–Crippen LogP) is 2.43. The highest BCUT2D eigenvalue weighted by Crippen LogP contribution is 2.10. The number of guanidine groups is 1. The SMILES string of the molecule is CCNC(=NCc1ccc(C(=O)NCC(N)=O)cc1)N(C)Cc1ccccc1C.I. The minimum absolute atomic E-state index is 0. The van der Waals surface area contributed by atoms with Gasteiger partial charge in [0.2, 0.25) is 5.91 Å². The van der Waals surface area contributed by atoms with E-state index in [1.807, 2.05) is 38.2 Å². The monoisotopic (exact) mass is 523 g/mol. The van der Waals surface area contributed by atoms with Gasteiger partial charge in [0.1, 0.15) is 0 Å². The fourth-order valence-corrected chi connectivity index (χ4v) is 2.78. The molecule has 0 heterocycles. The quantitative estimate of drug-likeness (QED) is 0.281. The normalized spacial score (nSPS) is 10.7. The first-order valence-corrected chi connectivity index (χ1v) is 9.60. The third kappa shape index (κ3) is 8.02. The molecule has 2 rings (SSSR count). The van der Waals surface area contributed by atoms with E-state index in [4.69, 9.17) is 10.7 Å². The van der Waals surface area contributed by atoms with Gasteiger partial charge in [-0.15, -0.1) is 24.0 Å². The summed E-state index contributed by atoms with van der Waals surface area (Å²) in [5.41, 5.74) is 9.00. The summed E-state index contributed by atoms with van der Waals surface area (Å²) in [6, 6.07) is 15.4. The Bertz CT molecular complexity index is 868. The van der Waals surface area contributed by atoms with Gasteiger partial charge < -0.3 is 21.3 Å². The molecule has 30 heavy (non-hydrogen) atoms. The summed E-state index contributed by atoms with van der Waals surface area (Å²) < 4.78 is 0. The van der Waals surface area contributed by atoms with Crippen molar-refractivity contribution in [2.75, 3.05) is 20.1 Å². The summed E-state index contributed by atoms with van der Waals surface area (Å²) in [6.45, 7) is 5.99. The maximum Gasteiger partial charge on any atom is 0.251 e. The molecule has 4 N–H and O–H groups in total. The molecule has 0 aliphatic rings. The number of primary amides is 1. The average Bonchev–Trinajstić information content (AvgIpc) is 2.71. The van der Waals surface area contributed by atoms with Crippen LogP contribution in [-0.2, 0) is 17.9 Å². The zero-order chi connectivity index (χ0) is 21.2. The van der Waals surface area contributed by atoms with Gasteiger partial charge in [0.05, 0.1) is 13.1 Å². The molecule has 0 saturated heterocycles. The van der Waals surface area contributed by atoms with Crippen LogP contribution in [-0.4, -0.2) is 42.8 Å². The molecule has 0 aromatic heterocycles. The minimum Gasteiger partial charge on any atom is -0.368 e. The zero-order valence-electron chi connectivity index (χ0n) is 17.6. The lowest BCUT2D eigenvalue weighted by Crippen LogP contribution is -2.38. The van der Waals surface area contributed by atoms with Crippen LogP contribution in [0.15, 0.2) is 53.5 Å². The number of nitrogens with zero attached hydrogens (tertiary/aromatic N) is 2. The van der Waals surface area contributed by atoms with Gasteiger partial charge in [-0.1, -0.05) is 36.4 Å². The van der Waals surface area contributed by atoms with E-state index in [0.29, 0.717) is 12.1 Å². The van der Waals surface area contributed by atoms with E-state index in [0.717, 1.165) is 24.6 Å². The highest BCUT2D eigenvalue weighted by Gasteiger charge is 2.09. The van der Waals surface area contributed by atoms with Crippen LogP contribution >= 0.6 is 24.0 Å². The van der Waals surface area contributed by atoms with Gasteiger partial charge in [0.15, 0.2) is 5.96 Å². The lowest BCUT2D eigenvalue weighted by Gasteiger charge is -2.23. The summed E-state index contributed by atoms with van der Waals surface area (Å²) in [4.78, 5) is 29.5. The molecule has 0 aliphatic carbocycles. The van der Waals surface area contributed by atoms with Gasteiger partial charge in [-0.05, 0) is 42.7 Å². The standard InChI is InChI=1S/C22H29N5O2.HI/c1-4-24-22(27(3)15-19-8-6-5-7-16(19)2)26-13-17-9-11-18(12-10-17)21(29)25-14-20(23)28;/h5-12H,4,13-15H2,1-3H3,(H2,23,28)(H,24,26)(H,25,29);1H. The van der Waals surface area contributed by atoms with Gasteiger partial charge in [-0.3, -0.25) is 9.59 Å². The van der Waals surface area contributed by atoms with Crippen molar-refractivity contribution in [1.82, 2.24) is 15.5 Å². The van der Waals surface area contributed by atoms with E-state index in [2.05, 4.69) is 34.6 Å². The van der Waals surface area contributed by atoms with E-state index in [9.17, 15) is 9.59 Å². The average molecular weight is 523 g/mol.